The summed E-state index contributed by atoms with van der Waals surface area (Å²) < 4.78 is 11.2. The molecule has 0 atom stereocenters. The number of aromatic nitrogens is 1. The van der Waals surface area contributed by atoms with E-state index in [1.54, 1.807) is 4.90 Å². The SMILES string of the molecule is CC(C)(C)OC(=O)N1Cc2nc(CN3CCCCC3)oc2C1. The molecule has 0 spiro atoms. The van der Waals surface area contributed by atoms with Gasteiger partial charge in [0.2, 0.25) is 5.89 Å². The number of fused-ring (bicyclic) bond motifs is 1. The lowest BCUT2D eigenvalue weighted by molar-refractivity contribution is 0.0230. The molecule has 3 heterocycles. The Balaban J connectivity index is 1.57. The van der Waals surface area contributed by atoms with Gasteiger partial charge in [-0.25, -0.2) is 9.78 Å². The fraction of sp³-hybridized carbons (Fsp3) is 0.750. The van der Waals surface area contributed by atoms with E-state index in [2.05, 4.69) is 9.88 Å². The standard InChI is InChI=1S/C16H25N3O3/c1-16(2,3)22-15(20)19-9-12-13(10-19)21-14(17-12)11-18-7-5-4-6-8-18/h4-11H2,1-3H3. The van der Waals surface area contributed by atoms with E-state index in [-0.39, 0.29) is 6.09 Å². The number of nitrogens with zero attached hydrogens (tertiary/aromatic N) is 3. The monoisotopic (exact) mass is 307 g/mol. The fourth-order valence-corrected chi connectivity index (χ4v) is 2.93. The highest BCUT2D eigenvalue weighted by Crippen LogP contribution is 2.26. The smallest absolute Gasteiger partial charge is 0.411 e. The number of hydrogen-bond donors (Lipinski definition) is 0. The molecule has 22 heavy (non-hydrogen) atoms. The number of likely N-dealkylation sites (tertiary alicyclic amines) is 1. The first kappa shape index (κ1) is 15.3. The van der Waals surface area contributed by atoms with Crippen LogP contribution in [-0.4, -0.2) is 39.6 Å². The van der Waals surface area contributed by atoms with Gasteiger partial charge in [0, 0.05) is 0 Å². The topological polar surface area (TPSA) is 58.8 Å². The maximum atomic E-state index is 12.1. The quantitative estimate of drug-likeness (QED) is 0.841. The predicted molar refractivity (Wildman–Crippen MR) is 81.1 cm³/mol. The van der Waals surface area contributed by atoms with Crippen LogP contribution >= 0.6 is 0 Å². The molecule has 6 heteroatoms. The second-order valence-electron chi connectivity index (χ2n) is 7.15. The average molecular weight is 307 g/mol. The molecule has 2 aliphatic rings. The van der Waals surface area contributed by atoms with Crippen LogP contribution in [-0.2, 0) is 24.4 Å². The first-order chi connectivity index (χ1) is 10.4. The van der Waals surface area contributed by atoms with Crippen LogP contribution in [0, 0.1) is 0 Å². The van der Waals surface area contributed by atoms with Crippen LogP contribution in [0.15, 0.2) is 4.42 Å². The van der Waals surface area contributed by atoms with Crippen molar-refractivity contribution >= 4 is 6.09 Å². The van der Waals surface area contributed by atoms with Gasteiger partial charge < -0.3 is 9.15 Å². The number of ether oxygens (including phenoxy) is 1. The summed E-state index contributed by atoms with van der Waals surface area (Å²) in [6, 6.07) is 0. The summed E-state index contributed by atoms with van der Waals surface area (Å²) in [5.74, 6) is 1.58. The lowest BCUT2D eigenvalue weighted by Gasteiger charge is -2.25. The molecule has 0 aliphatic carbocycles. The van der Waals surface area contributed by atoms with Crippen molar-refractivity contribution in [2.75, 3.05) is 13.1 Å². The highest BCUT2D eigenvalue weighted by atomic mass is 16.6. The van der Waals surface area contributed by atoms with Gasteiger partial charge in [-0.2, -0.15) is 0 Å². The van der Waals surface area contributed by atoms with E-state index in [0.29, 0.717) is 13.1 Å². The van der Waals surface area contributed by atoms with E-state index in [0.717, 1.165) is 37.0 Å². The normalized spacial score (nSPS) is 19.3. The minimum Gasteiger partial charge on any atom is -0.444 e. The summed E-state index contributed by atoms with van der Waals surface area (Å²) in [6.45, 7) is 9.56. The van der Waals surface area contributed by atoms with Crippen molar-refractivity contribution in [3.05, 3.63) is 17.3 Å². The predicted octanol–water partition coefficient (Wildman–Crippen LogP) is 2.91. The number of amides is 1. The fourth-order valence-electron chi connectivity index (χ4n) is 2.93. The van der Waals surface area contributed by atoms with Crippen LogP contribution in [0.4, 0.5) is 4.79 Å². The Labute approximate surface area is 131 Å². The maximum absolute atomic E-state index is 12.1. The molecule has 1 saturated heterocycles. The lowest BCUT2D eigenvalue weighted by atomic mass is 10.1. The molecule has 3 rings (SSSR count). The van der Waals surface area contributed by atoms with Gasteiger partial charge in [-0.05, 0) is 46.7 Å². The van der Waals surface area contributed by atoms with Crippen LogP contribution in [0.1, 0.15) is 57.4 Å². The Kier molecular flexibility index (Phi) is 4.12. The Morgan fingerprint density at radius 3 is 2.59 bits per heavy atom. The number of carbonyl (C=O) groups excluding carboxylic acids is 1. The van der Waals surface area contributed by atoms with E-state index in [1.807, 2.05) is 20.8 Å². The second-order valence-corrected chi connectivity index (χ2v) is 7.15. The number of oxazole rings is 1. The molecule has 1 aromatic rings. The highest BCUT2D eigenvalue weighted by molar-refractivity contribution is 5.68. The van der Waals surface area contributed by atoms with Crippen molar-refractivity contribution < 1.29 is 13.9 Å². The Bertz CT molecular complexity index is 518. The molecular formula is C16H25N3O3. The zero-order valence-corrected chi connectivity index (χ0v) is 13.7. The Morgan fingerprint density at radius 2 is 1.95 bits per heavy atom. The van der Waals surface area contributed by atoms with Crippen molar-refractivity contribution in [1.82, 2.24) is 14.8 Å². The van der Waals surface area contributed by atoms with Gasteiger partial charge in [0.25, 0.3) is 0 Å². The molecule has 122 valence electrons. The zero-order valence-electron chi connectivity index (χ0n) is 13.7. The number of rotatable bonds is 2. The number of piperidine rings is 1. The summed E-state index contributed by atoms with van der Waals surface area (Å²) in [5.41, 5.74) is 0.395. The minimum atomic E-state index is -0.479. The van der Waals surface area contributed by atoms with Crippen molar-refractivity contribution in [3.63, 3.8) is 0 Å². The first-order valence-electron chi connectivity index (χ1n) is 8.08. The van der Waals surface area contributed by atoms with Crippen LogP contribution in [0.25, 0.3) is 0 Å². The largest absolute Gasteiger partial charge is 0.444 e. The summed E-state index contributed by atoms with van der Waals surface area (Å²) in [7, 11) is 0. The molecule has 0 aromatic carbocycles. The third-order valence-electron chi connectivity index (χ3n) is 3.96. The third kappa shape index (κ3) is 3.61. The summed E-state index contributed by atoms with van der Waals surface area (Å²) in [5, 5.41) is 0. The summed E-state index contributed by atoms with van der Waals surface area (Å²) in [6.07, 6.45) is 3.53. The molecule has 0 unspecified atom stereocenters. The van der Waals surface area contributed by atoms with Gasteiger partial charge in [-0.1, -0.05) is 6.42 Å². The van der Waals surface area contributed by atoms with E-state index >= 15 is 0 Å². The van der Waals surface area contributed by atoms with E-state index in [1.165, 1.54) is 19.3 Å². The number of hydrogen-bond acceptors (Lipinski definition) is 5. The van der Waals surface area contributed by atoms with Crippen molar-refractivity contribution in [2.45, 2.75) is 65.3 Å². The van der Waals surface area contributed by atoms with Crippen LogP contribution in [0.5, 0.6) is 0 Å². The molecular weight excluding hydrogens is 282 g/mol. The molecule has 0 radical (unpaired) electrons. The lowest BCUT2D eigenvalue weighted by Crippen LogP contribution is -2.33. The number of carbonyl (C=O) groups is 1. The van der Waals surface area contributed by atoms with Gasteiger partial charge in [-0.3, -0.25) is 9.80 Å². The summed E-state index contributed by atoms with van der Waals surface area (Å²) in [4.78, 5) is 20.6. The Morgan fingerprint density at radius 1 is 1.23 bits per heavy atom. The molecule has 1 aromatic heterocycles. The van der Waals surface area contributed by atoms with Crippen molar-refractivity contribution in [2.24, 2.45) is 0 Å². The Hall–Kier alpha value is -1.56. The molecule has 0 saturated carbocycles. The zero-order chi connectivity index (χ0) is 15.7. The first-order valence-corrected chi connectivity index (χ1v) is 8.08. The van der Waals surface area contributed by atoms with Crippen LogP contribution in [0.2, 0.25) is 0 Å². The van der Waals surface area contributed by atoms with E-state index in [9.17, 15) is 4.79 Å². The van der Waals surface area contributed by atoms with Gasteiger partial charge >= 0.3 is 6.09 Å². The molecule has 0 bridgehead atoms. The molecule has 1 amide bonds. The van der Waals surface area contributed by atoms with Crippen LogP contribution in [0.3, 0.4) is 0 Å². The van der Waals surface area contributed by atoms with Gasteiger partial charge in [0.1, 0.15) is 17.1 Å². The molecule has 2 aliphatic heterocycles. The van der Waals surface area contributed by atoms with Gasteiger partial charge in [0.15, 0.2) is 0 Å². The third-order valence-corrected chi connectivity index (χ3v) is 3.96. The molecule has 1 fully saturated rings. The van der Waals surface area contributed by atoms with Crippen molar-refractivity contribution in [1.29, 1.82) is 0 Å². The molecule has 0 N–H and O–H groups in total. The minimum absolute atomic E-state index is 0.307. The van der Waals surface area contributed by atoms with Gasteiger partial charge in [-0.15, -0.1) is 0 Å². The van der Waals surface area contributed by atoms with E-state index in [4.69, 9.17) is 9.15 Å². The van der Waals surface area contributed by atoms with Crippen molar-refractivity contribution in [3.8, 4) is 0 Å². The van der Waals surface area contributed by atoms with Gasteiger partial charge in [0.05, 0.1) is 19.6 Å². The van der Waals surface area contributed by atoms with Crippen LogP contribution < -0.4 is 0 Å². The maximum Gasteiger partial charge on any atom is 0.411 e. The van der Waals surface area contributed by atoms with E-state index < -0.39 is 5.60 Å². The average Bonchev–Trinajstić information content (AvgIpc) is 2.96. The molecule has 6 nitrogen and oxygen atoms in total. The summed E-state index contributed by atoms with van der Waals surface area (Å²) >= 11 is 0. The second kappa shape index (κ2) is 5.91. The highest BCUT2D eigenvalue weighted by Gasteiger charge is 2.32.